The summed E-state index contributed by atoms with van der Waals surface area (Å²) in [5.41, 5.74) is 0. The van der Waals surface area contributed by atoms with Crippen LogP contribution in [0.25, 0.3) is 10.8 Å². The van der Waals surface area contributed by atoms with Crippen molar-refractivity contribution in [2.24, 2.45) is 0 Å². The van der Waals surface area contributed by atoms with Crippen LogP contribution in [0.2, 0.25) is 0 Å². The number of hydrogen-bond donors (Lipinski definition) is 0. The quantitative estimate of drug-likeness (QED) is 0.0642. The second kappa shape index (κ2) is 13.8. The standard InChI is InChI=1S/C23H32O7S2/c1-2-3-4-5-6-7-8-9-10-11-12-23(24)29-21-16-18-13-14-20(31-30-25)15-19(18)17-22(21)32(26,27)28/h13-17,25H,2-12H2,1H3,(H,26,27,28)/p-2. The number of carbonyl (C=O) groups excluding carboxylic acids is 1. The maximum Gasteiger partial charge on any atom is 0.311 e. The molecule has 0 saturated heterocycles. The minimum atomic E-state index is -4.87. The second-order valence-electron chi connectivity index (χ2n) is 7.82. The third-order valence-electron chi connectivity index (χ3n) is 5.23. The van der Waals surface area contributed by atoms with E-state index in [1.165, 1.54) is 50.7 Å². The molecular formula is C23H30O7S2-2. The summed E-state index contributed by atoms with van der Waals surface area (Å²) < 4.78 is 44.1. The molecule has 0 fully saturated rings. The van der Waals surface area contributed by atoms with E-state index in [4.69, 9.17) is 4.74 Å². The summed E-state index contributed by atoms with van der Waals surface area (Å²) in [4.78, 5) is 12.1. The third kappa shape index (κ3) is 9.07. The van der Waals surface area contributed by atoms with Crippen molar-refractivity contribution in [3.05, 3.63) is 30.3 Å². The van der Waals surface area contributed by atoms with E-state index in [2.05, 4.69) is 11.3 Å². The molecule has 2 aromatic carbocycles. The van der Waals surface area contributed by atoms with E-state index in [1.807, 2.05) is 0 Å². The zero-order chi connectivity index (χ0) is 23.4. The van der Waals surface area contributed by atoms with Crippen molar-refractivity contribution < 1.29 is 32.1 Å². The predicted octanol–water partition coefficient (Wildman–Crippen LogP) is 5.26. The van der Waals surface area contributed by atoms with Crippen molar-refractivity contribution in [2.45, 2.75) is 87.3 Å². The van der Waals surface area contributed by atoms with Crippen molar-refractivity contribution in [1.82, 2.24) is 0 Å². The summed E-state index contributed by atoms with van der Waals surface area (Å²) in [5.74, 6) is -0.842. The molecule has 0 bridgehead atoms. The number of carbonyl (C=O) groups is 1. The first-order valence-electron chi connectivity index (χ1n) is 11.1. The number of ether oxygens (including phenoxy) is 1. The highest BCUT2D eigenvalue weighted by atomic mass is 32.2. The fourth-order valence-corrected chi connectivity index (χ4v) is 4.53. The monoisotopic (exact) mass is 482 g/mol. The largest absolute Gasteiger partial charge is 0.744 e. The highest BCUT2D eigenvalue weighted by Crippen LogP contribution is 2.32. The van der Waals surface area contributed by atoms with Gasteiger partial charge >= 0.3 is 5.97 Å². The molecule has 9 heteroatoms. The van der Waals surface area contributed by atoms with E-state index in [0.717, 1.165) is 25.3 Å². The first-order valence-corrected chi connectivity index (χ1v) is 13.2. The molecule has 0 aliphatic rings. The Bertz CT molecular complexity index is 974. The number of esters is 1. The lowest BCUT2D eigenvalue weighted by Gasteiger charge is -2.15. The van der Waals surface area contributed by atoms with Gasteiger partial charge in [0.25, 0.3) is 0 Å². The number of benzene rings is 2. The number of rotatable bonds is 15. The van der Waals surface area contributed by atoms with Gasteiger partial charge in [0, 0.05) is 23.4 Å². The van der Waals surface area contributed by atoms with Crippen molar-refractivity contribution in [1.29, 1.82) is 0 Å². The van der Waals surface area contributed by atoms with Crippen LogP contribution in [0.4, 0.5) is 0 Å². The average Bonchev–Trinajstić information content (AvgIpc) is 2.74. The maximum absolute atomic E-state index is 12.2. The van der Waals surface area contributed by atoms with Crippen LogP contribution in [-0.2, 0) is 19.2 Å². The van der Waals surface area contributed by atoms with Crippen LogP contribution in [-0.4, -0.2) is 18.9 Å². The lowest BCUT2D eigenvalue weighted by Crippen LogP contribution is -2.11. The molecule has 0 aliphatic carbocycles. The summed E-state index contributed by atoms with van der Waals surface area (Å²) in [6.45, 7) is 2.20. The average molecular weight is 483 g/mol. The Morgan fingerprint density at radius 1 is 0.906 bits per heavy atom. The van der Waals surface area contributed by atoms with E-state index in [0.29, 0.717) is 34.1 Å². The van der Waals surface area contributed by atoms with Gasteiger partial charge in [0.15, 0.2) is 0 Å². The lowest BCUT2D eigenvalue weighted by atomic mass is 10.1. The first kappa shape index (κ1) is 26.6. The molecule has 0 aliphatic heterocycles. The number of unbranched alkanes of at least 4 members (excludes halogenated alkanes) is 9. The molecule has 2 rings (SSSR count). The van der Waals surface area contributed by atoms with Crippen molar-refractivity contribution in [2.75, 3.05) is 0 Å². The van der Waals surface area contributed by atoms with Crippen LogP contribution in [0.1, 0.15) is 77.6 Å². The highest BCUT2D eigenvalue weighted by Gasteiger charge is 2.16. The summed E-state index contributed by atoms with van der Waals surface area (Å²) in [6.07, 6.45) is 11.5. The van der Waals surface area contributed by atoms with E-state index >= 15 is 0 Å². The van der Waals surface area contributed by atoms with Gasteiger partial charge in [-0.2, -0.15) is 0 Å². The van der Waals surface area contributed by atoms with Crippen LogP contribution in [0.15, 0.2) is 40.1 Å². The highest BCUT2D eigenvalue weighted by molar-refractivity contribution is 7.94. The van der Waals surface area contributed by atoms with Gasteiger partial charge in [0.1, 0.15) is 15.9 Å². The Morgan fingerprint density at radius 2 is 1.53 bits per heavy atom. The lowest BCUT2D eigenvalue weighted by molar-refractivity contribution is -0.630. The van der Waals surface area contributed by atoms with Gasteiger partial charge in [-0.25, -0.2) is 8.42 Å². The topological polar surface area (TPSA) is 116 Å². The van der Waals surface area contributed by atoms with Gasteiger partial charge < -0.3 is 18.9 Å². The second-order valence-corrected chi connectivity index (χ2v) is 9.94. The Morgan fingerprint density at radius 3 is 2.12 bits per heavy atom. The summed E-state index contributed by atoms with van der Waals surface area (Å²) in [6, 6.07) is 7.24. The molecule has 32 heavy (non-hydrogen) atoms. The number of hydrogen-bond acceptors (Lipinski definition) is 8. The zero-order valence-electron chi connectivity index (χ0n) is 18.3. The van der Waals surface area contributed by atoms with Gasteiger partial charge in [-0.3, -0.25) is 4.79 Å². The van der Waals surface area contributed by atoms with E-state index in [1.54, 1.807) is 12.1 Å². The van der Waals surface area contributed by atoms with E-state index in [-0.39, 0.29) is 12.2 Å². The molecule has 178 valence electrons. The molecule has 0 spiro atoms. The Balaban J connectivity index is 1.89. The Kier molecular flexibility index (Phi) is 11.5. The molecule has 0 radical (unpaired) electrons. The molecule has 0 atom stereocenters. The molecule has 0 aromatic heterocycles. The molecule has 7 nitrogen and oxygen atoms in total. The van der Waals surface area contributed by atoms with Crippen LogP contribution >= 0.6 is 12.0 Å². The summed E-state index contributed by atoms with van der Waals surface area (Å²) in [5, 5.41) is 11.3. The molecular weight excluding hydrogens is 452 g/mol. The van der Waals surface area contributed by atoms with Crippen LogP contribution < -0.4 is 9.99 Å². The normalized spacial score (nSPS) is 11.7. The van der Waals surface area contributed by atoms with Crippen molar-refractivity contribution in [3.8, 4) is 5.75 Å². The van der Waals surface area contributed by atoms with Crippen LogP contribution in [0.3, 0.4) is 0 Å². The SMILES string of the molecule is CCCCCCCCCCCCC(=O)Oc1cc2ccc(SO[O-])cc2cc1S(=O)(=O)[O-]. The number of fused-ring (bicyclic) bond motifs is 1. The Hall–Kier alpha value is -1.65. The minimum Gasteiger partial charge on any atom is -0.744 e. The van der Waals surface area contributed by atoms with Gasteiger partial charge in [-0.15, -0.1) is 0 Å². The molecule has 0 amide bonds. The molecule has 0 heterocycles. The molecule has 0 N–H and O–H groups in total. The van der Waals surface area contributed by atoms with Gasteiger partial charge in [-0.05, 0) is 41.5 Å². The summed E-state index contributed by atoms with van der Waals surface area (Å²) in [7, 11) is -4.87. The predicted molar refractivity (Wildman–Crippen MR) is 121 cm³/mol. The molecule has 0 unspecified atom stereocenters. The fraction of sp³-hybridized carbons (Fsp3) is 0.522. The smallest absolute Gasteiger partial charge is 0.311 e. The van der Waals surface area contributed by atoms with E-state index < -0.39 is 21.0 Å². The molecule has 2 aromatic rings. The van der Waals surface area contributed by atoms with E-state index in [9.17, 15) is 23.0 Å². The fourth-order valence-electron chi connectivity index (χ4n) is 3.53. The van der Waals surface area contributed by atoms with Gasteiger partial charge in [0.05, 0.1) is 4.90 Å². The van der Waals surface area contributed by atoms with Crippen molar-refractivity contribution in [3.63, 3.8) is 0 Å². The Labute approximate surface area is 194 Å². The van der Waals surface area contributed by atoms with Crippen LogP contribution in [0.5, 0.6) is 5.75 Å². The van der Waals surface area contributed by atoms with Gasteiger partial charge in [0.2, 0.25) is 0 Å². The third-order valence-corrected chi connectivity index (χ3v) is 6.60. The maximum atomic E-state index is 12.2. The van der Waals surface area contributed by atoms with Crippen LogP contribution in [0, 0.1) is 0 Å². The van der Waals surface area contributed by atoms with Crippen molar-refractivity contribution >= 4 is 38.9 Å². The molecule has 0 saturated carbocycles. The first-order chi connectivity index (χ1) is 15.3. The van der Waals surface area contributed by atoms with Gasteiger partial charge in [-0.1, -0.05) is 70.8 Å². The minimum absolute atomic E-state index is 0.156. The summed E-state index contributed by atoms with van der Waals surface area (Å²) >= 11 is 0.570. The zero-order valence-corrected chi connectivity index (χ0v) is 20.0.